The Kier molecular flexibility index (Phi) is 4.88. The van der Waals surface area contributed by atoms with Crippen LogP contribution in [0.2, 0.25) is 10.0 Å². The van der Waals surface area contributed by atoms with Gasteiger partial charge in [-0.2, -0.15) is 0 Å². The number of para-hydroxylation sites is 1. The molecule has 0 heterocycles. The van der Waals surface area contributed by atoms with Crippen LogP contribution in [0.5, 0.6) is 11.5 Å². The number of carbonyl (C=O) groups excluding carboxylic acids is 1. The summed E-state index contributed by atoms with van der Waals surface area (Å²) in [6, 6.07) is 12.2. The molecule has 0 aliphatic carbocycles. The molecule has 0 atom stereocenters. The smallest absolute Gasteiger partial charge is 0.310 e. The number of esters is 1. The largest absolute Gasteiger partial charge is 0.469 e. The maximum atomic E-state index is 11.4. The molecule has 0 aliphatic rings. The predicted octanol–water partition coefficient (Wildman–Crippen LogP) is 4.50. The molecule has 0 fully saturated rings. The molecule has 0 saturated carbocycles. The summed E-state index contributed by atoms with van der Waals surface area (Å²) in [4.78, 5) is 11.4. The minimum absolute atomic E-state index is 0.137. The van der Waals surface area contributed by atoms with Crippen molar-refractivity contribution in [1.82, 2.24) is 0 Å². The Morgan fingerprint density at radius 2 is 1.85 bits per heavy atom. The highest BCUT2D eigenvalue weighted by Crippen LogP contribution is 2.33. The van der Waals surface area contributed by atoms with Crippen LogP contribution in [-0.4, -0.2) is 13.1 Å². The number of rotatable bonds is 4. The zero-order valence-corrected chi connectivity index (χ0v) is 12.2. The van der Waals surface area contributed by atoms with Gasteiger partial charge in [-0.15, -0.1) is 0 Å². The Hall–Kier alpha value is -1.71. The van der Waals surface area contributed by atoms with E-state index in [4.69, 9.17) is 27.9 Å². The maximum Gasteiger partial charge on any atom is 0.310 e. The Balaban J connectivity index is 2.26. The summed E-state index contributed by atoms with van der Waals surface area (Å²) in [5, 5.41) is 0.940. The molecular formula is C15H12Cl2O3. The highest BCUT2D eigenvalue weighted by Gasteiger charge is 2.11. The molecule has 2 rings (SSSR count). The van der Waals surface area contributed by atoms with Gasteiger partial charge in [-0.25, -0.2) is 0 Å². The third-order valence-corrected chi connectivity index (χ3v) is 3.18. The zero-order chi connectivity index (χ0) is 14.5. The van der Waals surface area contributed by atoms with Crippen molar-refractivity contribution >= 4 is 29.2 Å². The van der Waals surface area contributed by atoms with Gasteiger partial charge in [-0.3, -0.25) is 4.79 Å². The molecule has 5 heteroatoms. The first-order chi connectivity index (χ1) is 9.60. The van der Waals surface area contributed by atoms with E-state index in [9.17, 15) is 4.79 Å². The molecule has 0 unspecified atom stereocenters. The number of methoxy groups -OCH3 is 1. The number of benzene rings is 2. The van der Waals surface area contributed by atoms with Crippen LogP contribution in [0.25, 0.3) is 0 Å². The van der Waals surface area contributed by atoms with Crippen molar-refractivity contribution in [3.63, 3.8) is 0 Å². The van der Waals surface area contributed by atoms with E-state index in [-0.39, 0.29) is 12.4 Å². The fraction of sp³-hybridized carbons (Fsp3) is 0.133. The van der Waals surface area contributed by atoms with E-state index in [2.05, 4.69) is 4.74 Å². The van der Waals surface area contributed by atoms with Gasteiger partial charge in [0.2, 0.25) is 0 Å². The average Bonchev–Trinajstić information content (AvgIpc) is 2.43. The van der Waals surface area contributed by atoms with Crippen molar-refractivity contribution in [2.24, 2.45) is 0 Å². The van der Waals surface area contributed by atoms with E-state index in [0.29, 0.717) is 21.5 Å². The number of hydrogen-bond acceptors (Lipinski definition) is 3. The Morgan fingerprint density at radius 1 is 1.10 bits per heavy atom. The molecule has 0 saturated heterocycles. The quantitative estimate of drug-likeness (QED) is 0.780. The van der Waals surface area contributed by atoms with Gasteiger partial charge in [-0.1, -0.05) is 41.4 Å². The van der Waals surface area contributed by atoms with Crippen LogP contribution in [0.15, 0.2) is 42.5 Å². The predicted molar refractivity (Wildman–Crippen MR) is 78.7 cm³/mol. The second kappa shape index (κ2) is 6.64. The first-order valence-electron chi connectivity index (χ1n) is 5.88. The van der Waals surface area contributed by atoms with E-state index in [1.807, 2.05) is 12.1 Å². The number of carbonyl (C=O) groups is 1. The Morgan fingerprint density at radius 3 is 2.55 bits per heavy atom. The van der Waals surface area contributed by atoms with Gasteiger partial charge in [0.1, 0.15) is 11.5 Å². The van der Waals surface area contributed by atoms with E-state index in [1.165, 1.54) is 7.11 Å². The minimum atomic E-state index is -0.330. The third kappa shape index (κ3) is 3.65. The van der Waals surface area contributed by atoms with Crippen LogP contribution in [0.1, 0.15) is 5.56 Å². The molecule has 104 valence electrons. The molecule has 0 radical (unpaired) electrons. The van der Waals surface area contributed by atoms with Gasteiger partial charge < -0.3 is 9.47 Å². The number of hydrogen-bond donors (Lipinski definition) is 0. The summed E-state index contributed by atoms with van der Waals surface area (Å²) in [7, 11) is 1.35. The lowest BCUT2D eigenvalue weighted by atomic mass is 10.1. The van der Waals surface area contributed by atoms with Crippen molar-refractivity contribution < 1.29 is 14.3 Å². The monoisotopic (exact) mass is 310 g/mol. The molecule has 0 bridgehead atoms. The molecule has 2 aromatic rings. The second-order valence-corrected chi connectivity index (χ2v) is 4.88. The summed E-state index contributed by atoms with van der Waals surface area (Å²) >= 11 is 11.9. The fourth-order valence-corrected chi connectivity index (χ4v) is 2.10. The summed E-state index contributed by atoms with van der Waals surface area (Å²) in [5.74, 6) is 0.707. The van der Waals surface area contributed by atoms with Crippen LogP contribution in [0.3, 0.4) is 0 Å². The fourth-order valence-electron chi connectivity index (χ4n) is 1.65. The number of halogens is 2. The maximum absolute atomic E-state index is 11.4. The molecule has 0 N–H and O–H groups in total. The van der Waals surface area contributed by atoms with E-state index in [0.717, 1.165) is 5.56 Å². The highest BCUT2D eigenvalue weighted by atomic mass is 35.5. The van der Waals surface area contributed by atoms with Gasteiger partial charge in [-0.05, 0) is 24.3 Å². The molecule has 0 spiro atoms. The lowest BCUT2D eigenvalue weighted by Gasteiger charge is -2.11. The van der Waals surface area contributed by atoms with E-state index < -0.39 is 0 Å². The minimum Gasteiger partial charge on any atom is -0.469 e. The van der Waals surface area contributed by atoms with Gasteiger partial charge in [0, 0.05) is 10.6 Å². The van der Waals surface area contributed by atoms with Gasteiger partial charge in [0.05, 0.1) is 18.6 Å². The van der Waals surface area contributed by atoms with Crippen LogP contribution in [-0.2, 0) is 16.0 Å². The van der Waals surface area contributed by atoms with Crippen LogP contribution >= 0.6 is 23.2 Å². The van der Waals surface area contributed by atoms with Crippen molar-refractivity contribution in [2.75, 3.05) is 7.11 Å². The average molecular weight is 311 g/mol. The second-order valence-electron chi connectivity index (χ2n) is 4.04. The third-order valence-electron chi connectivity index (χ3n) is 2.65. The van der Waals surface area contributed by atoms with Crippen molar-refractivity contribution in [1.29, 1.82) is 0 Å². The molecular weight excluding hydrogens is 299 g/mol. The van der Waals surface area contributed by atoms with E-state index >= 15 is 0 Å². The Labute approximate surface area is 127 Å². The normalized spacial score (nSPS) is 10.2. The zero-order valence-electron chi connectivity index (χ0n) is 10.7. The van der Waals surface area contributed by atoms with Crippen LogP contribution < -0.4 is 4.74 Å². The lowest BCUT2D eigenvalue weighted by molar-refractivity contribution is -0.139. The van der Waals surface area contributed by atoms with Crippen LogP contribution in [0, 0.1) is 0 Å². The molecule has 0 amide bonds. The SMILES string of the molecule is COC(=O)Cc1ccccc1Oc1ccc(Cl)cc1Cl. The van der Waals surface area contributed by atoms with Crippen molar-refractivity contribution in [2.45, 2.75) is 6.42 Å². The summed E-state index contributed by atoms with van der Waals surface area (Å²) in [6.45, 7) is 0. The summed E-state index contributed by atoms with van der Waals surface area (Å²) in [6.07, 6.45) is 0.137. The summed E-state index contributed by atoms with van der Waals surface area (Å²) < 4.78 is 10.4. The van der Waals surface area contributed by atoms with Crippen molar-refractivity contribution in [3.05, 3.63) is 58.1 Å². The molecule has 0 aliphatic heterocycles. The Bertz CT molecular complexity index is 626. The van der Waals surface area contributed by atoms with Crippen molar-refractivity contribution in [3.8, 4) is 11.5 Å². The van der Waals surface area contributed by atoms with Gasteiger partial charge in [0.25, 0.3) is 0 Å². The molecule has 0 aromatic heterocycles. The van der Waals surface area contributed by atoms with Gasteiger partial charge >= 0.3 is 5.97 Å². The first kappa shape index (κ1) is 14.7. The van der Waals surface area contributed by atoms with Crippen LogP contribution in [0.4, 0.5) is 0 Å². The first-order valence-corrected chi connectivity index (χ1v) is 6.63. The molecule has 3 nitrogen and oxygen atoms in total. The number of ether oxygens (including phenoxy) is 2. The standard InChI is InChI=1S/C15H12Cl2O3/c1-19-15(18)8-10-4-2-3-5-13(10)20-14-7-6-11(16)9-12(14)17/h2-7,9H,8H2,1H3. The lowest BCUT2D eigenvalue weighted by Crippen LogP contribution is -2.05. The highest BCUT2D eigenvalue weighted by molar-refractivity contribution is 6.35. The molecule has 2 aromatic carbocycles. The summed E-state index contributed by atoms with van der Waals surface area (Å²) in [5.41, 5.74) is 0.727. The van der Waals surface area contributed by atoms with E-state index in [1.54, 1.807) is 30.3 Å². The molecule has 20 heavy (non-hydrogen) atoms. The van der Waals surface area contributed by atoms with Gasteiger partial charge in [0.15, 0.2) is 0 Å². The topological polar surface area (TPSA) is 35.5 Å².